The number of carboxylic acids is 1. The Hall–Kier alpha value is -1.71. The molecule has 0 aliphatic rings. The number of aliphatic carboxylic acids is 1. The zero-order valence-corrected chi connectivity index (χ0v) is 13.8. The lowest BCUT2D eigenvalue weighted by atomic mass is 10.1. The summed E-state index contributed by atoms with van der Waals surface area (Å²) in [6.07, 6.45) is -0.820. The van der Waals surface area contributed by atoms with E-state index >= 15 is 0 Å². The topological polar surface area (TPSA) is 46.5 Å². The second kappa shape index (κ2) is 7.03. The summed E-state index contributed by atoms with van der Waals surface area (Å²) < 4.78 is 5.61. The van der Waals surface area contributed by atoms with Crippen LogP contribution in [0.15, 0.2) is 36.4 Å². The summed E-state index contributed by atoms with van der Waals surface area (Å²) in [5.41, 5.74) is 2.89. The van der Waals surface area contributed by atoms with E-state index in [-0.39, 0.29) is 6.42 Å². The molecule has 0 saturated heterocycles. The highest BCUT2D eigenvalue weighted by Gasteiger charge is 2.20. The Kier molecular flexibility index (Phi) is 5.33. The van der Waals surface area contributed by atoms with Crippen LogP contribution in [0.3, 0.4) is 0 Å². The highest BCUT2D eigenvalue weighted by atomic mass is 35.5. The van der Waals surface area contributed by atoms with E-state index in [0.717, 1.165) is 11.1 Å². The molecule has 0 spiro atoms. The molecule has 1 atom stereocenters. The number of benzene rings is 2. The minimum Gasteiger partial charge on any atom is -0.478 e. The van der Waals surface area contributed by atoms with Gasteiger partial charge in [0, 0.05) is 16.5 Å². The Balaban J connectivity index is 2.19. The van der Waals surface area contributed by atoms with Crippen LogP contribution >= 0.6 is 23.2 Å². The SMILES string of the molecule is Cc1ccc(OC(Cc2cc(Cl)cc(Cl)c2)C(=O)O)cc1C. The van der Waals surface area contributed by atoms with E-state index in [1.54, 1.807) is 24.3 Å². The average molecular weight is 339 g/mol. The molecule has 0 saturated carbocycles. The molecule has 1 N–H and O–H groups in total. The number of rotatable bonds is 5. The van der Waals surface area contributed by atoms with Gasteiger partial charge in [-0.05, 0) is 60.9 Å². The maximum absolute atomic E-state index is 11.4. The van der Waals surface area contributed by atoms with E-state index < -0.39 is 12.1 Å². The number of ether oxygens (including phenoxy) is 1. The third-order valence-electron chi connectivity index (χ3n) is 3.38. The van der Waals surface area contributed by atoms with Crippen molar-refractivity contribution in [3.63, 3.8) is 0 Å². The lowest BCUT2D eigenvalue weighted by Crippen LogP contribution is -2.29. The predicted molar refractivity (Wildman–Crippen MR) is 88.1 cm³/mol. The summed E-state index contributed by atoms with van der Waals surface area (Å²) in [4.78, 5) is 11.4. The van der Waals surface area contributed by atoms with Gasteiger partial charge >= 0.3 is 5.97 Å². The van der Waals surface area contributed by atoms with Crippen molar-refractivity contribution in [2.75, 3.05) is 0 Å². The molecule has 0 heterocycles. The Morgan fingerprint density at radius 1 is 1.09 bits per heavy atom. The molecule has 0 amide bonds. The van der Waals surface area contributed by atoms with Crippen LogP contribution in [0.25, 0.3) is 0 Å². The van der Waals surface area contributed by atoms with Crippen LogP contribution in [0.1, 0.15) is 16.7 Å². The molecular weight excluding hydrogens is 323 g/mol. The third kappa shape index (κ3) is 4.39. The monoisotopic (exact) mass is 338 g/mol. The van der Waals surface area contributed by atoms with E-state index in [1.807, 2.05) is 26.0 Å². The Bertz CT molecular complexity index is 678. The van der Waals surface area contributed by atoms with E-state index in [4.69, 9.17) is 27.9 Å². The minimum atomic E-state index is -1.03. The van der Waals surface area contributed by atoms with Crippen LogP contribution in [-0.4, -0.2) is 17.2 Å². The molecule has 0 radical (unpaired) electrons. The molecule has 116 valence electrons. The van der Waals surface area contributed by atoms with Crippen molar-refractivity contribution in [1.29, 1.82) is 0 Å². The van der Waals surface area contributed by atoms with Crippen LogP contribution in [-0.2, 0) is 11.2 Å². The molecule has 2 aromatic rings. The van der Waals surface area contributed by atoms with E-state index in [2.05, 4.69) is 0 Å². The molecule has 3 nitrogen and oxygen atoms in total. The zero-order valence-electron chi connectivity index (χ0n) is 12.3. The van der Waals surface area contributed by atoms with Crippen molar-refractivity contribution in [2.24, 2.45) is 0 Å². The van der Waals surface area contributed by atoms with Gasteiger partial charge in [0.1, 0.15) is 5.75 Å². The van der Waals surface area contributed by atoms with E-state index in [0.29, 0.717) is 21.4 Å². The van der Waals surface area contributed by atoms with Crippen LogP contribution in [0.4, 0.5) is 0 Å². The lowest BCUT2D eigenvalue weighted by molar-refractivity contribution is -0.145. The molecule has 1 unspecified atom stereocenters. The number of aryl methyl sites for hydroxylation is 2. The van der Waals surface area contributed by atoms with E-state index in [1.165, 1.54) is 0 Å². The fourth-order valence-corrected chi connectivity index (χ4v) is 2.64. The van der Waals surface area contributed by atoms with Crippen LogP contribution in [0.5, 0.6) is 5.75 Å². The molecule has 2 rings (SSSR count). The van der Waals surface area contributed by atoms with Crippen molar-refractivity contribution in [3.8, 4) is 5.75 Å². The number of halogens is 2. The van der Waals surface area contributed by atoms with Crippen molar-refractivity contribution in [1.82, 2.24) is 0 Å². The van der Waals surface area contributed by atoms with Gasteiger partial charge in [-0.25, -0.2) is 4.79 Å². The van der Waals surface area contributed by atoms with Crippen molar-refractivity contribution in [2.45, 2.75) is 26.4 Å². The quantitative estimate of drug-likeness (QED) is 0.860. The molecule has 0 aromatic heterocycles. The first-order valence-electron chi connectivity index (χ1n) is 6.77. The number of hydrogen-bond donors (Lipinski definition) is 1. The van der Waals surface area contributed by atoms with Gasteiger partial charge in [-0.3, -0.25) is 0 Å². The largest absolute Gasteiger partial charge is 0.478 e. The standard InChI is InChI=1S/C17H16Cl2O3/c1-10-3-4-15(5-11(10)2)22-16(17(20)21)8-12-6-13(18)9-14(19)7-12/h3-7,9,16H,8H2,1-2H3,(H,20,21). The summed E-state index contributed by atoms with van der Waals surface area (Å²) in [6.45, 7) is 3.94. The second-order valence-electron chi connectivity index (χ2n) is 5.17. The first-order valence-corrected chi connectivity index (χ1v) is 7.52. The second-order valence-corrected chi connectivity index (χ2v) is 6.05. The van der Waals surface area contributed by atoms with Gasteiger partial charge in [0.25, 0.3) is 0 Å². The third-order valence-corrected chi connectivity index (χ3v) is 3.81. The Morgan fingerprint density at radius 2 is 1.73 bits per heavy atom. The molecule has 2 aromatic carbocycles. The molecule has 0 bridgehead atoms. The fourth-order valence-electron chi connectivity index (χ4n) is 2.07. The van der Waals surface area contributed by atoms with Gasteiger partial charge in [-0.15, -0.1) is 0 Å². The maximum atomic E-state index is 11.4. The van der Waals surface area contributed by atoms with Crippen molar-refractivity contribution in [3.05, 3.63) is 63.1 Å². The minimum absolute atomic E-state index is 0.183. The van der Waals surface area contributed by atoms with Crippen molar-refractivity contribution >= 4 is 29.2 Å². The maximum Gasteiger partial charge on any atom is 0.345 e. The Labute approximate surface area is 139 Å². The van der Waals surface area contributed by atoms with Crippen LogP contribution in [0, 0.1) is 13.8 Å². The lowest BCUT2D eigenvalue weighted by Gasteiger charge is -2.16. The van der Waals surface area contributed by atoms with Gasteiger partial charge in [-0.2, -0.15) is 0 Å². The van der Waals surface area contributed by atoms with Crippen molar-refractivity contribution < 1.29 is 14.6 Å². The summed E-state index contributed by atoms with van der Waals surface area (Å²) in [7, 11) is 0. The summed E-state index contributed by atoms with van der Waals surface area (Å²) >= 11 is 11.9. The number of hydrogen-bond acceptors (Lipinski definition) is 2. The van der Waals surface area contributed by atoms with Gasteiger partial charge in [0.05, 0.1) is 0 Å². The smallest absolute Gasteiger partial charge is 0.345 e. The highest BCUT2D eigenvalue weighted by molar-refractivity contribution is 6.34. The molecule has 0 fully saturated rings. The Morgan fingerprint density at radius 3 is 2.27 bits per heavy atom. The number of carbonyl (C=O) groups is 1. The average Bonchev–Trinajstić information content (AvgIpc) is 2.41. The normalized spacial score (nSPS) is 12.0. The first kappa shape index (κ1) is 16.7. The zero-order chi connectivity index (χ0) is 16.3. The first-order chi connectivity index (χ1) is 10.3. The molecular formula is C17H16Cl2O3. The van der Waals surface area contributed by atoms with Crippen LogP contribution in [0.2, 0.25) is 10.0 Å². The molecule has 0 aliphatic carbocycles. The fraction of sp³-hybridized carbons (Fsp3) is 0.235. The molecule has 0 aliphatic heterocycles. The number of carboxylic acid groups (broad SMARTS) is 1. The van der Waals surface area contributed by atoms with Gasteiger partial charge in [0.15, 0.2) is 6.10 Å². The van der Waals surface area contributed by atoms with Gasteiger partial charge < -0.3 is 9.84 Å². The van der Waals surface area contributed by atoms with Gasteiger partial charge in [0.2, 0.25) is 0 Å². The van der Waals surface area contributed by atoms with Gasteiger partial charge in [-0.1, -0.05) is 29.3 Å². The summed E-state index contributed by atoms with van der Waals surface area (Å²) in [5.74, 6) is -0.502. The summed E-state index contributed by atoms with van der Waals surface area (Å²) in [5, 5.41) is 10.3. The molecule has 22 heavy (non-hydrogen) atoms. The van der Waals surface area contributed by atoms with Crippen LogP contribution < -0.4 is 4.74 Å². The van der Waals surface area contributed by atoms with E-state index in [9.17, 15) is 9.90 Å². The highest BCUT2D eigenvalue weighted by Crippen LogP contribution is 2.22. The predicted octanol–water partition coefficient (Wildman–Crippen LogP) is 4.68. The molecule has 5 heteroatoms. The summed E-state index contributed by atoms with van der Waals surface area (Å²) in [6, 6.07) is 10.5.